The molecule has 7 heteroatoms. The van der Waals surface area contributed by atoms with Crippen LogP contribution in [-0.4, -0.2) is 25.6 Å². The van der Waals surface area contributed by atoms with Gasteiger partial charge in [-0.05, 0) is 37.6 Å². The van der Waals surface area contributed by atoms with E-state index < -0.39 is 6.61 Å². The monoisotopic (exact) mass is 318 g/mol. The van der Waals surface area contributed by atoms with Crippen LogP contribution in [0.4, 0.5) is 8.78 Å². The fraction of sp³-hybridized carbons (Fsp3) is 0.500. The number of carbonyl (C=O) groups is 1. The lowest BCUT2D eigenvalue weighted by atomic mass is 9.99. The normalized spacial score (nSPS) is 18.6. The molecule has 1 heterocycles. The molecular weight excluding hydrogens is 302 g/mol. The van der Waals surface area contributed by atoms with Crippen LogP contribution in [0.25, 0.3) is 0 Å². The van der Waals surface area contributed by atoms with Gasteiger partial charge in [-0.3, -0.25) is 4.79 Å². The molecule has 1 aliphatic heterocycles. The molecule has 1 aliphatic rings. The molecular formula is C14H17ClF2N2O2. The third kappa shape index (κ3) is 4.82. The van der Waals surface area contributed by atoms with Gasteiger partial charge in [-0.1, -0.05) is 11.6 Å². The zero-order chi connectivity index (χ0) is 15.2. The molecule has 0 bridgehead atoms. The van der Waals surface area contributed by atoms with Crippen molar-refractivity contribution in [3.63, 3.8) is 0 Å². The van der Waals surface area contributed by atoms with Crippen LogP contribution < -0.4 is 15.4 Å². The molecule has 0 aliphatic carbocycles. The number of carbonyl (C=O) groups excluding carboxylic acids is 1. The molecule has 0 aromatic heterocycles. The van der Waals surface area contributed by atoms with E-state index in [-0.39, 0.29) is 24.1 Å². The molecule has 4 nitrogen and oxygen atoms in total. The first-order valence-electron chi connectivity index (χ1n) is 6.78. The summed E-state index contributed by atoms with van der Waals surface area (Å²) in [5.74, 6) is -0.154. The number of benzene rings is 1. The molecule has 1 unspecified atom stereocenters. The number of amides is 1. The first kappa shape index (κ1) is 16.0. The molecule has 0 radical (unpaired) electrons. The van der Waals surface area contributed by atoms with Gasteiger partial charge in [0.25, 0.3) is 0 Å². The van der Waals surface area contributed by atoms with Gasteiger partial charge in [-0.2, -0.15) is 8.78 Å². The average molecular weight is 319 g/mol. The quantitative estimate of drug-likeness (QED) is 0.877. The Morgan fingerprint density at radius 3 is 3.00 bits per heavy atom. The first-order valence-corrected chi connectivity index (χ1v) is 7.15. The van der Waals surface area contributed by atoms with E-state index in [2.05, 4.69) is 15.4 Å². The van der Waals surface area contributed by atoms with Crippen LogP contribution in [0, 0.1) is 5.92 Å². The fourth-order valence-electron chi connectivity index (χ4n) is 2.30. The van der Waals surface area contributed by atoms with Crippen molar-refractivity contribution in [3.05, 3.63) is 28.8 Å². The summed E-state index contributed by atoms with van der Waals surface area (Å²) in [6, 6.07) is 4.35. The van der Waals surface area contributed by atoms with Gasteiger partial charge in [0, 0.05) is 23.7 Å². The number of piperidine rings is 1. The van der Waals surface area contributed by atoms with Crippen molar-refractivity contribution in [2.75, 3.05) is 13.1 Å². The molecule has 1 atom stereocenters. The number of hydrogen-bond donors (Lipinski definition) is 2. The molecule has 2 N–H and O–H groups in total. The van der Waals surface area contributed by atoms with Crippen molar-refractivity contribution in [3.8, 4) is 5.75 Å². The first-order chi connectivity index (χ1) is 10.1. The van der Waals surface area contributed by atoms with E-state index in [9.17, 15) is 13.6 Å². The van der Waals surface area contributed by atoms with Crippen LogP contribution in [0.5, 0.6) is 5.75 Å². The number of nitrogens with one attached hydrogen (secondary N) is 2. The fourth-order valence-corrected chi connectivity index (χ4v) is 2.49. The minimum atomic E-state index is -2.91. The van der Waals surface area contributed by atoms with E-state index in [1.54, 1.807) is 0 Å². The van der Waals surface area contributed by atoms with Crippen molar-refractivity contribution >= 4 is 17.5 Å². The molecule has 1 saturated heterocycles. The van der Waals surface area contributed by atoms with E-state index in [1.807, 2.05) is 0 Å². The summed E-state index contributed by atoms with van der Waals surface area (Å²) in [5.41, 5.74) is 0.430. The lowest BCUT2D eigenvalue weighted by Gasteiger charge is -2.22. The lowest BCUT2D eigenvalue weighted by Crippen LogP contribution is -2.40. The van der Waals surface area contributed by atoms with Gasteiger partial charge in [0.1, 0.15) is 5.75 Å². The Morgan fingerprint density at radius 1 is 1.52 bits per heavy atom. The maximum atomic E-state index is 12.3. The third-order valence-electron chi connectivity index (χ3n) is 3.36. The highest BCUT2D eigenvalue weighted by Gasteiger charge is 2.21. The van der Waals surface area contributed by atoms with Gasteiger partial charge >= 0.3 is 6.61 Å². The van der Waals surface area contributed by atoms with Gasteiger partial charge < -0.3 is 15.4 Å². The van der Waals surface area contributed by atoms with Crippen LogP contribution in [0.3, 0.4) is 0 Å². The van der Waals surface area contributed by atoms with Crippen LogP contribution in [-0.2, 0) is 11.3 Å². The number of rotatable bonds is 5. The SMILES string of the molecule is O=C(NCc1cc(Cl)ccc1OC(F)F)C1CCCNC1. The van der Waals surface area contributed by atoms with Crippen molar-refractivity contribution in [1.82, 2.24) is 10.6 Å². The number of alkyl halides is 2. The molecule has 1 fully saturated rings. The Bertz CT molecular complexity index is 494. The van der Waals surface area contributed by atoms with Gasteiger partial charge in [0.15, 0.2) is 0 Å². The van der Waals surface area contributed by atoms with Crippen molar-refractivity contribution in [2.24, 2.45) is 5.92 Å². The van der Waals surface area contributed by atoms with Gasteiger partial charge in [0.2, 0.25) is 5.91 Å². The van der Waals surface area contributed by atoms with Crippen molar-refractivity contribution < 1.29 is 18.3 Å². The smallest absolute Gasteiger partial charge is 0.387 e. The largest absolute Gasteiger partial charge is 0.434 e. The highest BCUT2D eigenvalue weighted by Crippen LogP contribution is 2.24. The minimum absolute atomic E-state index is 0.0245. The Labute approximate surface area is 126 Å². The highest BCUT2D eigenvalue weighted by molar-refractivity contribution is 6.30. The molecule has 1 amide bonds. The Morgan fingerprint density at radius 2 is 2.33 bits per heavy atom. The summed E-state index contributed by atoms with van der Waals surface area (Å²) in [6.07, 6.45) is 1.78. The second kappa shape index (κ2) is 7.56. The third-order valence-corrected chi connectivity index (χ3v) is 3.59. The highest BCUT2D eigenvalue weighted by atomic mass is 35.5. The molecule has 2 rings (SSSR count). The van der Waals surface area contributed by atoms with Gasteiger partial charge in [0.05, 0.1) is 5.92 Å². The van der Waals surface area contributed by atoms with Crippen LogP contribution in [0.15, 0.2) is 18.2 Å². The van der Waals surface area contributed by atoms with Crippen molar-refractivity contribution in [2.45, 2.75) is 26.0 Å². The molecule has 0 spiro atoms. The minimum Gasteiger partial charge on any atom is -0.434 e. The molecule has 0 saturated carbocycles. The number of halogens is 3. The Hall–Kier alpha value is -1.40. The second-order valence-electron chi connectivity index (χ2n) is 4.89. The zero-order valence-corrected chi connectivity index (χ0v) is 12.1. The van der Waals surface area contributed by atoms with Gasteiger partial charge in [-0.15, -0.1) is 0 Å². The summed E-state index contributed by atoms with van der Waals surface area (Å²) in [5, 5.41) is 6.30. The van der Waals surface area contributed by atoms with Gasteiger partial charge in [-0.25, -0.2) is 0 Å². The molecule has 1 aromatic rings. The standard InChI is InChI=1S/C14H17ClF2N2O2/c15-11-3-4-12(21-14(16)17)10(6-11)8-19-13(20)9-2-1-5-18-7-9/h3-4,6,9,14,18H,1-2,5,7-8H2,(H,19,20). The van der Waals surface area contributed by atoms with E-state index in [1.165, 1.54) is 18.2 Å². The molecule has 1 aromatic carbocycles. The summed E-state index contributed by atoms with van der Waals surface area (Å²) >= 11 is 5.85. The van der Waals surface area contributed by atoms with E-state index in [4.69, 9.17) is 11.6 Å². The maximum absolute atomic E-state index is 12.3. The number of hydrogen-bond acceptors (Lipinski definition) is 3. The van der Waals surface area contributed by atoms with Crippen LogP contribution in [0.2, 0.25) is 5.02 Å². The predicted molar refractivity (Wildman–Crippen MR) is 75.5 cm³/mol. The Balaban J connectivity index is 1.97. The van der Waals surface area contributed by atoms with Crippen molar-refractivity contribution in [1.29, 1.82) is 0 Å². The molecule has 116 valence electrons. The Kier molecular flexibility index (Phi) is 5.76. The topological polar surface area (TPSA) is 50.4 Å². The van der Waals surface area contributed by atoms with E-state index in [0.717, 1.165) is 19.4 Å². The number of ether oxygens (including phenoxy) is 1. The summed E-state index contributed by atoms with van der Waals surface area (Å²) in [7, 11) is 0. The summed E-state index contributed by atoms with van der Waals surface area (Å²) in [4.78, 5) is 12.0. The molecule has 21 heavy (non-hydrogen) atoms. The maximum Gasteiger partial charge on any atom is 0.387 e. The summed E-state index contributed by atoms with van der Waals surface area (Å²) < 4.78 is 29.1. The van der Waals surface area contributed by atoms with E-state index >= 15 is 0 Å². The van der Waals surface area contributed by atoms with Crippen LogP contribution >= 0.6 is 11.6 Å². The predicted octanol–water partition coefficient (Wildman–Crippen LogP) is 2.56. The van der Waals surface area contributed by atoms with E-state index in [0.29, 0.717) is 17.1 Å². The van der Waals surface area contributed by atoms with Crippen LogP contribution in [0.1, 0.15) is 18.4 Å². The summed E-state index contributed by atoms with van der Waals surface area (Å²) in [6.45, 7) is -1.24. The average Bonchev–Trinajstić information content (AvgIpc) is 2.47. The second-order valence-corrected chi connectivity index (χ2v) is 5.33. The zero-order valence-electron chi connectivity index (χ0n) is 11.4. The lowest BCUT2D eigenvalue weighted by molar-refractivity contribution is -0.125.